The summed E-state index contributed by atoms with van der Waals surface area (Å²) >= 11 is 12.0. The maximum absolute atomic E-state index is 11.1. The molecule has 0 spiro atoms. The monoisotopic (exact) mass is 330 g/mol. The first-order valence-electron chi connectivity index (χ1n) is 6.32. The van der Waals surface area contributed by atoms with E-state index in [-0.39, 0.29) is 6.54 Å². The summed E-state index contributed by atoms with van der Waals surface area (Å²) in [5.41, 5.74) is 1.19. The van der Waals surface area contributed by atoms with Gasteiger partial charge in [-0.25, -0.2) is 4.98 Å². The van der Waals surface area contributed by atoms with Crippen molar-refractivity contribution in [3.05, 3.63) is 28.0 Å². The van der Waals surface area contributed by atoms with E-state index in [0.29, 0.717) is 46.7 Å². The number of carboxylic acid groups (broad SMARTS) is 1. The average Bonchev–Trinajstić information content (AvgIpc) is 2.78. The second-order valence-electron chi connectivity index (χ2n) is 4.64. The van der Waals surface area contributed by atoms with E-state index in [1.807, 2.05) is 0 Å². The minimum atomic E-state index is -0.974. The molecule has 112 valence electrons. The largest absolute Gasteiger partial charge is 0.480 e. The van der Waals surface area contributed by atoms with E-state index >= 15 is 0 Å². The molecule has 6 nitrogen and oxygen atoms in total. The average molecular weight is 331 g/mol. The Bertz CT molecular complexity index is 695. The number of carboxylic acids is 1. The number of ether oxygens (including phenoxy) is 2. The van der Waals surface area contributed by atoms with Crippen molar-refractivity contribution in [2.24, 2.45) is 0 Å². The minimum Gasteiger partial charge on any atom is -0.480 e. The van der Waals surface area contributed by atoms with Gasteiger partial charge in [-0.2, -0.15) is 0 Å². The summed E-state index contributed by atoms with van der Waals surface area (Å²) in [6.45, 7) is 1.07. The van der Waals surface area contributed by atoms with Gasteiger partial charge in [0.15, 0.2) is 0 Å². The molecule has 1 N–H and O–H groups in total. The highest BCUT2D eigenvalue weighted by Crippen LogP contribution is 2.31. The fourth-order valence-electron chi connectivity index (χ4n) is 2.32. The SMILES string of the molecule is O=C(O)Cn1c(C2COCCO2)nc2cc(Cl)c(Cl)cc21. The van der Waals surface area contributed by atoms with Gasteiger partial charge in [0.2, 0.25) is 0 Å². The van der Waals surface area contributed by atoms with Crippen molar-refractivity contribution in [3.63, 3.8) is 0 Å². The van der Waals surface area contributed by atoms with E-state index in [1.165, 1.54) is 0 Å². The van der Waals surface area contributed by atoms with Gasteiger partial charge in [0.05, 0.1) is 40.9 Å². The Labute approximate surface area is 130 Å². The lowest BCUT2D eigenvalue weighted by Crippen LogP contribution is -2.25. The third-order valence-corrected chi connectivity index (χ3v) is 3.94. The highest BCUT2D eigenvalue weighted by molar-refractivity contribution is 6.42. The Morgan fingerprint density at radius 1 is 1.38 bits per heavy atom. The molecule has 21 heavy (non-hydrogen) atoms. The van der Waals surface area contributed by atoms with Crippen LogP contribution in [-0.4, -0.2) is 40.4 Å². The van der Waals surface area contributed by atoms with Gasteiger partial charge in [-0.3, -0.25) is 4.79 Å². The van der Waals surface area contributed by atoms with E-state index in [0.717, 1.165) is 0 Å². The van der Waals surface area contributed by atoms with Gasteiger partial charge in [-0.05, 0) is 12.1 Å². The standard InChI is InChI=1S/C13H12Cl2N2O4/c14-7-3-9-10(4-8(7)15)17(5-12(18)19)13(16-9)11-6-20-1-2-21-11/h3-4,11H,1-2,5-6H2,(H,18,19). The van der Waals surface area contributed by atoms with Gasteiger partial charge >= 0.3 is 5.97 Å². The first kappa shape index (κ1) is 14.6. The maximum Gasteiger partial charge on any atom is 0.323 e. The molecule has 2 aromatic rings. The minimum absolute atomic E-state index is 0.232. The Hall–Kier alpha value is -1.34. The summed E-state index contributed by atoms with van der Waals surface area (Å²) in [5.74, 6) is -0.469. The fraction of sp³-hybridized carbons (Fsp3) is 0.385. The first-order chi connectivity index (χ1) is 10.1. The van der Waals surface area contributed by atoms with Crippen LogP contribution in [0.2, 0.25) is 10.0 Å². The number of carbonyl (C=O) groups is 1. The normalized spacial score (nSPS) is 19.0. The van der Waals surface area contributed by atoms with Crippen LogP contribution in [0.1, 0.15) is 11.9 Å². The second-order valence-corrected chi connectivity index (χ2v) is 5.45. The number of aliphatic carboxylic acids is 1. The van der Waals surface area contributed by atoms with Crippen LogP contribution in [0, 0.1) is 0 Å². The molecular formula is C13H12Cl2N2O4. The third kappa shape index (κ3) is 2.85. The molecule has 8 heteroatoms. The smallest absolute Gasteiger partial charge is 0.323 e. The van der Waals surface area contributed by atoms with Gasteiger partial charge < -0.3 is 19.1 Å². The van der Waals surface area contributed by atoms with Crippen LogP contribution in [0.25, 0.3) is 11.0 Å². The molecule has 1 aliphatic rings. The van der Waals surface area contributed by atoms with Gasteiger partial charge in [0.1, 0.15) is 18.5 Å². The van der Waals surface area contributed by atoms with Crippen LogP contribution in [-0.2, 0) is 20.8 Å². The van der Waals surface area contributed by atoms with Crippen molar-refractivity contribution in [2.45, 2.75) is 12.6 Å². The lowest BCUT2D eigenvalue weighted by molar-refractivity contribution is -0.138. The number of imidazole rings is 1. The van der Waals surface area contributed by atoms with Crippen LogP contribution in [0.3, 0.4) is 0 Å². The number of aromatic nitrogens is 2. The molecule has 0 amide bonds. The number of fused-ring (bicyclic) bond motifs is 1. The predicted molar refractivity (Wildman–Crippen MR) is 76.9 cm³/mol. The number of rotatable bonds is 3. The molecule has 1 saturated heterocycles. The maximum atomic E-state index is 11.1. The number of hydrogen-bond acceptors (Lipinski definition) is 4. The molecule has 0 bridgehead atoms. The first-order valence-corrected chi connectivity index (χ1v) is 7.08. The molecule has 1 aromatic carbocycles. The highest BCUT2D eigenvalue weighted by Gasteiger charge is 2.25. The fourth-order valence-corrected chi connectivity index (χ4v) is 2.64. The van der Waals surface area contributed by atoms with Crippen molar-refractivity contribution in [3.8, 4) is 0 Å². The van der Waals surface area contributed by atoms with Crippen LogP contribution in [0.15, 0.2) is 12.1 Å². The van der Waals surface area contributed by atoms with Crippen molar-refractivity contribution < 1.29 is 19.4 Å². The lowest BCUT2D eigenvalue weighted by Gasteiger charge is -2.23. The van der Waals surface area contributed by atoms with E-state index in [4.69, 9.17) is 37.8 Å². The predicted octanol–water partition coefficient (Wildman–Crippen LogP) is 2.52. The van der Waals surface area contributed by atoms with Gasteiger partial charge in [-0.15, -0.1) is 0 Å². The van der Waals surface area contributed by atoms with Gasteiger partial charge in [0, 0.05) is 0 Å². The lowest BCUT2D eigenvalue weighted by atomic mass is 10.3. The Morgan fingerprint density at radius 3 is 2.81 bits per heavy atom. The molecule has 0 saturated carbocycles. The number of nitrogens with zero attached hydrogens (tertiary/aromatic N) is 2. The van der Waals surface area contributed by atoms with Crippen molar-refractivity contribution >= 4 is 40.2 Å². The van der Waals surface area contributed by atoms with Crippen LogP contribution in [0.5, 0.6) is 0 Å². The van der Waals surface area contributed by atoms with Crippen LogP contribution >= 0.6 is 23.2 Å². The van der Waals surface area contributed by atoms with Gasteiger partial charge in [0.25, 0.3) is 0 Å². The van der Waals surface area contributed by atoms with Crippen molar-refractivity contribution in [2.75, 3.05) is 19.8 Å². The zero-order valence-corrected chi connectivity index (χ0v) is 12.4. The highest BCUT2D eigenvalue weighted by atomic mass is 35.5. The molecule has 1 aliphatic heterocycles. The summed E-state index contributed by atoms with van der Waals surface area (Å²) in [6.07, 6.45) is -0.400. The molecule has 1 aromatic heterocycles. The number of benzene rings is 1. The Balaban J connectivity index is 2.14. The summed E-state index contributed by atoms with van der Waals surface area (Å²) < 4.78 is 12.5. The summed E-state index contributed by atoms with van der Waals surface area (Å²) in [7, 11) is 0. The zero-order chi connectivity index (χ0) is 15.0. The topological polar surface area (TPSA) is 73.6 Å². The second kappa shape index (κ2) is 5.81. The summed E-state index contributed by atoms with van der Waals surface area (Å²) in [6, 6.07) is 3.23. The molecule has 3 rings (SSSR count). The molecular weight excluding hydrogens is 319 g/mol. The molecule has 2 heterocycles. The zero-order valence-electron chi connectivity index (χ0n) is 10.9. The van der Waals surface area contributed by atoms with E-state index in [9.17, 15) is 4.79 Å². The van der Waals surface area contributed by atoms with E-state index < -0.39 is 12.1 Å². The van der Waals surface area contributed by atoms with E-state index in [1.54, 1.807) is 16.7 Å². The summed E-state index contributed by atoms with van der Waals surface area (Å²) in [5, 5.41) is 9.83. The van der Waals surface area contributed by atoms with E-state index in [2.05, 4.69) is 4.98 Å². The van der Waals surface area contributed by atoms with Gasteiger partial charge in [-0.1, -0.05) is 23.2 Å². The molecule has 0 aliphatic carbocycles. The van der Waals surface area contributed by atoms with Crippen LogP contribution < -0.4 is 0 Å². The van der Waals surface area contributed by atoms with Crippen molar-refractivity contribution in [1.29, 1.82) is 0 Å². The molecule has 1 unspecified atom stereocenters. The Kier molecular flexibility index (Phi) is 4.03. The van der Waals surface area contributed by atoms with Crippen LogP contribution in [0.4, 0.5) is 0 Å². The number of halogens is 2. The third-order valence-electron chi connectivity index (χ3n) is 3.22. The molecule has 0 radical (unpaired) electrons. The quantitative estimate of drug-likeness (QED) is 0.935. The summed E-state index contributed by atoms with van der Waals surface area (Å²) in [4.78, 5) is 15.6. The molecule has 1 atom stereocenters. The number of hydrogen-bond donors (Lipinski definition) is 1. The Morgan fingerprint density at radius 2 is 2.14 bits per heavy atom. The molecule has 1 fully saturated rings. The van der Waals surface area contributed by atoms with Crippen molar-refractivity contribution in [1.82, 2.24) is 9.55 Å².